The van der Waals surface area contributed by atoms with Crippen molar-refractivity contribution < 1.29 is 0 Å². The van der Waals surface area contributed by atoms with E-state index in [2.05, 4.69) is 84.9 Å². The molecule has 49 heavy (non-hydrogen) atoms. The maximum absolute atomic E-state index is 5.21. The summed E-state index contributed by atoms with van der Waals surface area (Å²) in [4.78, 5) is 26.0. The molecule has 0 bridgehead atoms. The number of fused-ring (bicyclic) bond motifs is 3. The minimum absolute atomic E-state index is 0.625. The molecule has 0 saturated carbocycles. The van der Waals surface area contributed by atoms with Gasteiger partial charge in [0.25, 0.3) is 0 Å². The van der Waals surface area contributed by atoms with E-state index in [1.807, 2.05) is 78.9 Å². The van der Waals surface area contributed by atoms with Gasteiger partial charge in [0, 0.05) is 43.3 Å². The van der Waals surface area contributed by atoms with E-state index in [1.54, 1.807) is 11.3 Å². The molecule has 6 heteroatoms. The third-order valence-electron chi connectivity index (χ3n) is 8.56. The van der Waals surface area contributed by atoms with Crippen LogP contribution in [0.5, 0.6) is 0 Å². The Morgan fingerprint density at radius 2 is 0.755 bits per heavy atom. The van der Waals surface area contributed by atoms with Crippen LogP contribution in [-0.4, -0.2) is 24.9 Å². The third-order valence-corrected chi connectivity index (χ3v) is 9.63. The molecule has 5 nitrogen and oxygen atoms in total. The molecule has 0 aliphatic heterocycles. The molecule has 0 saturated heterocycles. The molecule has 0 aliphatic carbocycles. The standard InChI is InChI=1S/C43H27N5S/c1-4-14-28(15-5-1)39-44-38(37-35-24-10-11-25-36(35)49-43(37)48-39)33-22-12-20-31(26-33)32-21-13-23-34(27-32)42-46-40(29-16-6-2-7-17-29)45-41(47-42)30-18-8-3-9-19-30/h1-27H. The molecule has 0 N–H and O–H groups in total. The first-order chi connectivity index (χ1) is 24.3. The summed E-state index contributed by atoms with van der Waals surface area (Å²) in [5.74, 6) is 2.63. The molecule has 0 atom stereocenters. The highest BCUT2D eigenvalue weighted by Crippen LogP contribution is 2.40. The maximum atomic E-state index is 5.21. The highest BCUT2D eigenvalue weighted by Gasteiger charge is 2.18. The van der Waals surface area contributed by atoms with Crippen molar-refractivity contribution in [2.75, 3.05) is 0 Å². The molecule has 0 spiro atoms. The summed E-state index contributed by atoms with van der Waals surface area (Å²) >= 11 is 1.71. The van der Waals surface area contributed by atoms with Crippen molar-refractivity contribution in [1.29, 1.82) is 0 Å². The summed E-state index contributed by atoms with van der Waals surface area (Å²) in [6.07, 6.45) is 0. The highest BCUT2D eigenvalue weighted by molar-refractivity contribution is 7.25. The fourth-order valence-electron chi connectivity index (χ4n) is 6.17. The zero-order valence-corrected chi connectivity index (χ0v) is 27.0. The molecule has 9 rings (SSSR count). The molecule has 0 aliphatic rings. The number of thiophene rings is 1. The fourth-order valence-corrected chi connectivity index (χ4v) is 7.25. The Hall–Kier alpha value is -6.37. The number of rotatable bonds is 6. The summed E-state index contributed by atoms with van der Waals surface area (Å²) in [5.41, 5.74) is 7.90. The summed E-state index contributed by atoms with van der Waals surface area (Å²) in [6, 6.07) is 55.8. The average molecular weight is 646 g/mol. The van der Waals surface area contributed by atoms with Crippen molar-refractivity contribution in [3.63, 3.8) is 0 Å². The van der Waals surface area contributed by atoms with Gasteiger partial charge in [-0.1, -0.05) is 146 Å². The molecule has 0 unspecified atom stereocenters. The van der Waals surface area contributed by atoms with Gasteiger partial charge in [-0.15, -0.1) is 11.3 Å². The van der Waals surface area contributed by atoms with E-state index < -0.39 is 0 Å². The van der Waals surface area contributed by atoms with Crippen LogP contribution in [0.2, 0.25) is 0 Å². The Kier molecular flexibility index (Phi) is 7.26. The molecular formula is C43H27N5S. The van der Waals surface area contributed by atoms with Crippen LogP contribution < -0.4 is 0 Å². The van der Waals surface area contributed by atoms with Crippen molar-refractivity contribution in [2.24, 2.45) is 0 Å². The van der Waals surface area contributed by atoms with Gasteiger partial charge in [0.05, 0.1) is 5.69 Å². The van der Waals surface area contributed by atoms with Crippen LogP contribution in [-0.2, 0) is 0 Å². The zero-order chi connectivity index (χ0) is 32.6. The lowest BCUT2D eigenvalue weighted by molar-refractivity contribution is 1.07. The smallest absolute Gasteiger partial charge is 0.164 e. The largest absolute Gasteiger partial charge is 0.227 e. The molecular weight excluding hydrogens is 619 g/mol. The van der Waals surface area contributed by atoms with Crippen LogP contribution in [0.3, 0.4) is 0 Å². The minimum Gasteiger partial charge on any atom is -0.227 e. The number of aromatic nitrogens is 5. The molecule has 3 aromatic heterocycles. The van der Waals surface area contributed by atoms with Gasteiger partial charge in [-0.2, -0.15) is 0 Å². The predicted molar refractivity (Wildman–Crippen MR) is 201 cm³/mol. The normalized spacial score (nSPS) is 11.3. The van der Waals surface area contributed by atoms with Crippen LogP contribution in [0.4, 0.5) is 0 Å². The SMILES string of the molecule is c1ccc(-c2nc(-c3ccccc3)nc(-c3cccc(-c4cccc(-c5nc(-c6ccccc6)nc6sc7ccccc7c56)c4)c3)n2)cc1. The van der Waals surface area contributed by atoms with Crippen molar-refractivity contribution in [1.82, 2.24) is 24.9 Å². The summed E-state index contributed by atoms with van der Waals surface area (Å²) in [6.45, 7) is 0. The van der Waals surface area contributed by atoms with Gasteiger partial charge in [0.2, 0.25) is 0 Å². The third kappa shape index (κ3) is 5.54. The minimum atomic E-state index is 0.625. The van der Waals surface area contributed by atoms with E-state index in [0.29, 0.717) is 17.5 Å². The number of benzene rings is 6. The molecule has 9 aromatic rings. The monoisotopic (exact) mass is 645 g/mol. The van der Waals surface area contributed by atoms with Crippen molar-refractivity contribution in [2.45, 2.75) is 0 Å². The second kappa shape index (κ2) is 12.3. The van der Waals surface area contributed by atoms with E-state index in [9.17, 15) is 0 Å². The van der Waals surface area contributed by atoms with Gasteiger partial charge >= 0.3 is 0 Å². The van der Waals surface area contributed by atoms with Gasteiger partial charge < -0.3 is 0 Å². The Balaban J connectivity index is 1.17. The molecule has 3 heterocycles. The molecule has 0 radical (unpaired) electrons. The van der Waals surface area contributed by atoms with E-state index in [4.69, 9.17) is 24.9 Å². The van der Waals surface area contributed by atoms with Crippen LogP contribution in [0.1, 0.15) is 0 Å². The second-order valence-electron chi connectivity index (χ2n) is 11.7. The fraction of sp³-hybridized carbons (Fsp3) is 0. The molecule has 230 valence electrons. The van der Waals surface area contributed by atoms with Gasteiger partial charge in [0.15, 0.2) is 23.3 Å². The Morgan fingerprint density at radius 1 is 0.327 bits per heavy atom. The van der Waals surface area contributed by atoms with Crippen LogP contribution in [0, 0.1) is 0 Å². The first kappa shape index (κ1) is 28.8. The van der Waals surface area contributed by atoms with Crippen LogP contribution >= 0.6 is 11.3 Å². The molecule has 6 aromatic carbocycles. The van der Waals surface area contributed by atoms with Gasteiger partial charge in [0.1, 0.15) is 4.83 Å². The second-order valence-corrected chi connectivity index (χ2v) is 12.8. The van der Waals surface area contributed by atoms with Crippen LogP contribution in [0.15, 0.2) is 164 Å². The summed E-state index contributed by atoms with van der Waals surface area (Å²) in [7, 11) is 0. The highest BCUT2D eigenvalue weighted by atomic mass is 32.1. The predicted octanol–water partition coefficient (Wildman–Crippen LogP) is 11.0. The zero-order valence-electron chi connectivity index (χ0n) is 26.2. The molecule has 0 fully saturated rings. The number of hydrogen-bond donors (Lipinski definition) is 0. The van der Waals surface area contributed by atoms with E-state index >= 15 is 0 Å². The Bertz CT molecular complexity index is 2540. The first-order valence-electron chi connectivity index (χ1n) is 16.1. The number of hydrogen-bond acceptors (Lipinski definition) is 6. The quantitative estimate of drug-likeness (QED) is 0.180. The van der Waals surface area contributed by atoms with Crippen molar-refractivity contribution in [3.8, 4) is 67.9 Å². The lowest BCUT2D eigenvalue weighted by Gasteiger charge is -2.11. The lowest BCUT2D eigenvalue weighted by atomic mass is 9.98. The molecule has 0 amide bonds. The van der Waals surface area contributed by atoms with Crippen molar-refractivity contribution in [3.05, 3.63) is 164 Å². The lowest BCUT2D eigenvalue weighted by Crippen LogP contribution is -2.00. The topological polar surface area (TPSA) is 64.5 Å². The first-order valence-corrected chi connectivity index (χ1v) is 16.9. The van der Waals surface area contributed by atoms with Crippen LogP contribution in [0.25, 0.3) is 88.2 Å². The van der Waals surface area contributed by atoms with Gasteiger partial charge in [-0.3, -0.25) is 0 Å². The van der Waals surface area contributed by atoms with Gasteiger partial charge in [-0.25, -0.2) is 24.9 Å². The van der Waals surface area contributed by atoms with Gasteiger partial charge in [-0.05, 0) is 29.3 Å². The van der Waals surface area contributed by atoms with Crippen molar-refractivity contribution >= 4 is 31.6 Å². The van der Waals surface area contributed by atoms with E-state index in [0.717, 1.165) is 60.7 Å². The Labute approximate surface area is 287 Å². The van der Waals surface area contributed by atoms with E-state index in [1.165, 1.54) is 10.1 Å². The average Bonchev–Trinajstić information content (AvgIpc) is 3.57. The number of nitrogens with zero attached hydrogens (tertiary/aromatic N) is 5. The van der Waals surface area contributed by atoms with E-state index in [-0.39, 0.29) is 0 Å². The summed E-state index contributed by atoms with van der Waals surface area (Å²) in [5, 5.41) is 2.25. The Morgan fingerprint density at radius 3 is 1.35 bits per heavy atom. The maximum Gasteiger partial charge on any atom is 0.164 e. The summed E-state index contributed by atoms with van der Waals surface area (Å²) < 4.78 is 1.20.